The minimum absolute atomic E-state index is 0.0838. The summed E-state index contributed by atoms with van der Waals surface area (Å²) in [5, 5.41) is 13.0. The Morgan fingerprint density at radius 2 is 2.00 bits per heavy atom. The molecule has 164 valence electrons. The van der Waals surface area contributed by atoms with E-state index in [0.717, 1.165) is 33.3 Å². The van der Waals surface area contributed by atoms with Gasteiger partial charge in [0.05, 0.1) is 18.9 Å². The van der Waals surface area contributed by atoms with Gasteiger partial charge >= 0.3 is 0 Å². The maximum atomic E-state index is 12.7. The number of carbonyl (C=O) groups is 1. The molecule has 0 aliphatic carbocycles. The summed E-state index contributed by atoms with van der Waals surface area (Å²) in [6.45, 7) is 5.15. The summed E-state index contributed by atoms with van der Waals surface area (Å²) in [5.74, 6) is 0.859. The van der Waals surface area contributed by atoms with E-state index in [-0.39, 0.29) is 11.7 Å². The normalized spacial score (nSPS) is 11.0. The maximum absolute atomic E-state index is 12.7. The zero-order valence-corrected chi connectivity index (χ0v) is 20.8. The first-order chi connectivity index (χ1) is 14.9. The topological polar surface area (TPSA) is 69.0 Å². The first-order valence-electron chi connectivity index (χ1n) is 9.82. The number of aromatic nitrogens is 3. The second-order valence-corrected chi connectivity index (χ2v) is 9.20. The number of hydrogen-bond acceptors (Lipinski definition) is 5. The SMILES string of the molecule is CCc1cc(Br)cc(C)c1NC(=O)CSc1nnc(-c2ccc(Cl)cc2)n1CCOC. The first-order valence-corrected chi connectivity index (χ1v) is 12.0. The molecule has 0 fully saturated rings. The molecule has 0 unspecified atom stereocenters. The maximum Gasteiger partial charge on any atom is 0.234 e. The molecule has 2 aromatic carbocycles. The Bertz CT molecular complexity index is 1060. The minimum Gasteiger partial charge on any atom is -0.383 e. The van der Waals surface area contributed by atoms with Gasteiger partial charge in [0.25, 0.3) is 0 Å². The number of rotatable bonds is 9. The van der Waals surface area contributed by atoms with E-state index in [1.807, 2.05) is 47.9 Å². The van der Waals surface area contributed by atoms with Gasteiger partial charge in [0, 0.05) is 27.9 Å². The third-order valence-corrected chi connectivity index (χ3v) is 6.37. The number of nitrogens with one attached hydrogen (secondary N) is 1. The van der Waals surface area contributed by atoms with Crippen molar-refractivity contribution in [2.45, 2.75) is 32.0 Å². The molecule has 0 radical (unpaired) electrons. The van der Waals surface area contributed by atoms with Crippen molar-refractivity contribution in [3.8, 4) is 11.4 Å². The molecule has 6 nitrogen and oxygen atoms in total. The van der Waals surface area contributed by atoms with Crippen molar-refractivity contribution in [1.82, 2.24) is 14.8 Å². The molecule has 0 aliphatic rings. The van der Waals surface area contributed by atoms with Crippen molar-refractivity contribution in [3.63, 3.8) is 0 Å². The summed E-state index contributed by atoms with van der Waals surface area (Å²) in [6, 6.07) is 11.5. The third kappa shape index (κ3) is 6.10. The van der Waals surface area contributed by atoms with Gasteiger partial charge in [-0.15, -0.1) is 10.2 Å². The van der Waals surface area contributed by atoms with Crippen molar-refractivity contribution < 1.29 is 9.53 Å². The van der Waals surface area contributed by atoms with E-state index in [9.17, 15) is 4.79 Å². The van der Waals surface area contributed by atoms with Crippen molar-refractivity contribution in [3.05, 3.63) is 57.0 Å². The van der Waals surface area contributed by atoms with Crippen molar-refractivity contribution in [2.24, 2.45) is 0 Å². The average molecular weight is 524 g/mol. The Labute approximate surface area is 199 Å². The van der Waals surface area contributed by atoms with Crippen LogP contribution in [0.2, 0.25) is 5.02 Å². The van der Waals surface area contributed by atoms with Crippen LogP contribution in [0.3, 0.4) is 0 Å². The number of methoxy groups -OCH3 is 1. The van der Waals surface area contributed by atoms with Crippen molar-refractivity contribution in [2.75, 3.05) is 24.8 Å². The lowest BCUT2D eigenvalue weighted by Crippen LogP contribution is -2.17. The van der Waals surface area contributed by atoms with E-state index in [1.54, 1.807) is 7.11 Å². The molecule has 0 spiro atoms. The number of thioether (sulfide) groups is 1. The standard InChI is InChI=1S/C22H24BrClN4O2S/c1-4-15-12-17(23)11-14(2)20(15)25-19(29)13-31-22-27-26-21(28(22)9-10-30-3)16-5-7-18(24)8-6-16/h5-8,11-12H,4,9-10,13H2,1-3H3,(H,25,29). The monoisotopic (exact) mass is 522 g/mol. The smallest absolute Gasteiger partial charge is 0.234 e. The third-order valence-electron chi connectivity index (χ3n) is 4.70. The predicted octanol–water partition coefficient (Wildman–Crippen LogP) is 5.61. The molecule has 31 heavy (non-hydrogen) atoms. The van der Waals surface area contributed by atoms with E-state index < -0.39 is 0 Å². The number of carbonyl (C=O) groups excluding carboxylic acids is 1. The fourth-order valence-electron chi connectivity index (χ4n) is 3.17. The number of ether oxygens (including phenoxy) is 1. The highest BCUT2D eigenvalue weighted by Gasteiger charge is 2.17. The fourth-order valence-corrected chi connectivity index (χ4v) is 4.68. The summed E-state index contributed by atoms with van der Waals surface area (Å²) in [7, 11) is 1.65. The van der Waals surface area contributed by atoms with Gasteiger partial charge in [-0.3, -0.25) is 9.36 Å². The van der Waals surface area contributed by atoms with Crippen LogP contribution in [-0.4, -0.2) is 40.1 Å². The van der Waals surface area contributed by atoms with Crippen LogP contribution in [0.15, 0.2) is 46.0 Å². The van der Waals surface area contributed by atoms with Gasteiger partial charge in [0.2, 0.25) is 5.91 Å². The van der Waals surface area contributed by atoms with E-state index in [4.69, 9.17) is 16.3 Å². The van der Waals surface area contributed by atoms with Crippen LogP contribution in [0, 0.1) is 6.92 Å². The predicted molar refractivity (Wildman–Crippen MR) is 130 cm³/mol. The van der Waals surface area contributed by atoms with Gasteiger partial charge in [0.15, 0.2) is 11.0 Å². The molecule has 0 saturated carbocycles. The van der Waals surface area contributed by atoms with Gasteiger partial charge in [0.1, 0.15) is 0 Å². The van der Waals surface area contributed by atoms with Gasteiger partial charge in [-0.25, -0.2) is 0 Å². The molecule has 1 amide bonds. The van der Waals surface area contributed by atoms with Crippen molar-refractivity contribution >= 4 is 50.9 Å². The molecule has 1 N–H and O–H groups in total. The van der Waals surface area contributed by atoms with E-state index in [0.29, 0.717) is 29.2 Å². The molecule has 0 bridgehead atoms. The second kappa shape index (κ2) is 11.1. The Morgan fingerprint density at radius 3 is 2.68 bits per heavy atom. The van der Waals surface area contributed by atoms with Crippen molar-refractivity contribution in [1.29, 1.82) is 0 Å². The highest BCUT2D eigenvalue weighted by molar-refractivity contribution is 9.10. The Balaban J connectivity index is 1.75. The molecule has 0 atom stereocenters. The number of anilines is 1. The van der Waals surface area contributed by atoms with E-state index in [2.05, 4.69) is 38.4 Å². The fraction of sp³-hybridized carbons (Fsp3) is 0.318. The largest absolute Gasteiger partial charge is 0.383 e. The number of benzene rings is 2. The summed E-state index contributed by atoms with van der Waals surface area (Å²) in [6.07, 6.45) is 0.832. The van der Waals surface area contributed by atoms with Crippen LogP contribution < -0.4 is 5.32 Å². The summed E-state index contributed by atoms with van der Waals surface area (Å²) < 4.78 is 8.22. The van der Waals surface area contributed by atoms with E-state index in [1.165, 1.54) is 11.8 Å². The lowest BCUT2D eigenvalue weighted by Gasteiger charge is -2.14. The lowest BCUT2D eigenvalue weighted by molar-refractivity contribution is -0.113. The number of halogens is 2. The highest BCUT2D eigenvalue weighted by atomic mass is 79.9. The van der Waals surface area contributed by atoms with Crippen LogP contribution in [-0.2, 0) is 22.5 Å². The summed E-state index contributed by atoms with van der Waals surface area (Å²) >= 11 is 10.9. The zero-order valence-electron chi connectivity index (χ0n) is 17.6. The molecule has 9 heteroatoms. The molecule has 1 aromatic heterocycles. The first kappa shape index (κ1) is 23.8. The number of amides is 1. The van der Waals surface area contributed by atoms with Crippen LogP contribution >= 0.6 is 39.3 Å². The molecule has 1 heterocycles. The van der Waals surface area contributed by atoms with Crippen LogP contribution in [0.4, 0.5) is 5.69 Å². The lowest BCUT2D eigenvalue weighted by atomic mass is 10.1. The molecule has 0 aliphatic heterocycles. The average Bonchev–Trinajstić information content (AvgIpc) is 3.15. The highest BCUT2D eigenvalue weighted by Crippen LogP contribution is 2.28. The Morgan fingerprint density at radius 1 is 1.26 bits per heavy atom. The molecule has 3 rings (SSSR count). The Hall–Kier alpha value is -1.87. The number of nitrogens with zero attached hydrogens (tertiary/aromatic N) is 3. The van der Waals surface area contributed by atoms with Gasteiger partial charge in [-0.05, 0) is 60.9 Å². The van der Waals surface area contributed by atoms with Gasteiger partial charge in [-0.2, -0.15) is 0 Å². The number of aryl methyl sites for hydroxylation is 2. The summed E-state index contributed by atoms with van der Waals surface area (Å²) in [4.78, 5) is 12.7. The van der Waals surface area contributed by atoms with E-state index >= 15 is 0 Å². The van der Waals surface area contributed by atoms with Gasteiger partial charge in [-0.1, -0.05) is 46.2 Å². The summed E-state index contributed by atoms with van der Waals surface area (Å²) in [5.41, 5.74) is 3.90. The van der Waals surface area contributed by atoms with Crippen LogP contribution in [0.1, 0.15) is 18.1 Å². The zero-order chi connectivity index (χ0) is 22.4. The molecule has 3 aromatic rings. The van der Waals surface area contributed by atoms with Gasteiger partial charge < -0.3 is 10.1 Å². The molecular formula is C22H24BrClN4O2S. The molecule has 0 saturated heterocycles. The van der Waals surface area contributed by atoms with Crippen LogP contribution in [0.25, 0.3) is 11.4 Å². The quantitative estimate of drug-likeness (QED) is 0.369. The molecular weight excluding hydrogens is 500 g/mol. The number of hydrogen-bond donors (Lipinski definition) is 1. The van der Waals surface area contributed by atoms with Crippen LogP contribution in [0.5, 0.6) is 0 Å². The minimum atomic E-state index is -0.0838. The second-order valence-electron chi connectivity index (χ2n) is 6.90. The Kier molecular flexibility index (Phi) is 8.54.